The topological polar surface area (TPSA) is 65.7 Å². The predicted molar refractivity (Wildman–Crippen MR) is 128 cm³/mol. The number of aromatic nitrogens is 2. The van der Waals surface area contributed by atoms with Gasteiger partial charge in [-0.1, -0.05) is 42.5 Å². The van der Waals surface area contributed by atoms with Gasteiger partial charge in [0.2, 0.25) is 0 Å². The zero-order chi connectivity index (χ0) is 22.7. The van der Waals surface area contributed by atoms with Crippen molar-refractivity contribution in [3.05, 3.63) is 88.7 Å². The molecule has 0 N–H and O–H groups in total. The average molecular weight is 428 g/mol. The summed E-state index contributed by atoms with van der Waals surface area (Å²) in [4.78, 5) is 18.0. The van der Waals surface area contributed by atoms with Gasteiger partial charge in [-0.3, -0.25) is 4.79 Å². The number of benzene rings is 3. The Bertz CT molecular complexity index is 1340. The maximum atomic E-state index is 13.2. The molecule has 6 nitrogen and oxygen atoms in total. The molecule has 0 saturated heterocycles. The van der Waals surface area contributed by atoms with Gasteiger partial charge in [0.1, 0.15) is 5.60 Å². The van der Waals surface area contributed by atoms with Crippen molar-refractivity contribution in [3.8, 4) is 22.9 Å². The minimum Gasteiger partial charge on any atom is -0.493 e. The lowest BCUT2D eigenvalue weighted by Gasteiger charge is -2.22. The van der Waals surface area contributed by atoms with Crippen LogP contribution in [0.5, 0.6) is 11.5 Å². The fourth-order valence-corrected chi connectivity index (χ4v) is 3.31. The Kier molecular flexibility index (Phi) is 5.77. The van der Waals surface area contributed by atoms with Gasteiger partial charge < -0.3 is 9.47 Å². The maximum absolute atomic E-state index is 13.2. The molecule has 0 fully saturated rings. The zero-order valence-corrected chi connectivity index (χ0v) is 18.6. The Morgan fingerprint density at radius 2 is 1.66 bits per heavy atom. The first-order valence-electron chi connectivity index (χ1n) is 10.3. The van der Waals surface area contributed by atoms with Gasteiger partial charge >= 0.3 is 0 Å². The van der Waals surface area contributed by atoms with Crippen molar-refractivity contribution in [2.75, 3.05) is 7.11 Å². The van der Waals surface area contributed by atoms with Gasteiger partial charge in [0.05, 0.1) is 24.2 Å². The van der Waals surface area contributed by atoms with Gasteiger partial charge in [0, 0.05) is 5.56 Å². The highest BCUT2D eigenvalue weighted by molar-refractivity contribution is 5.82. The molecule has 4 aromatic rings. The monoisotopic (exact) mass is 427 g/mol. The highest BCUT2D eigenvalue weighted by Gasteiger charge is 2.16. The van der Waals surface area contributed by atoms with E-state index in [0.717, 1.165) is 11.1 Å². The van der Waals surface area contributed by atoms with Gasteiger partial charge in [-0.25, -0.2) is 4.98 Å². The molecule has 0 amide bonds. The largest absolute Gasteiger partial charge is 0.493 e. The van der Waals surface area contributed by atoms with Crippen LogP contribution in [0.15, 0.2) is 82.7 Å². The Hall–Kier alpha value is -3.93. The summed E-state index contributed by atoms with van der Waals surface area (Å²) in [6, 6.07) is 22.4. The number of hydrogen-bond acceptors (Lipinski definition) is 5. The van der Waals surface area contributed by atoms with Gasteiger partial charge in [-0.15, -0.1) is 0 Å². The van der Waals surface area contributed by atoms with Crippen LogP contribution in [0.25, 0.3) is 22.3 Å². The van der Waals surface area contributed by atoms with Crippen LogP contribution < -0.4 is 15.0 Å². The summed E-state index contributed by atoms with van der Waals surface area (Å²) in [7, 11) is 1.59. The molecule has 0 atom stereocenters. The number of rotatable bonds is 5. The third-order valence-corrected chi connectivity index (χ3v) is 4.71. The third kappa shape index (κ3) is 4.54. The van der Waals surface area contributed by atoms with Gasteiger partial charge in [0.25, 0.3) is 5.56 Å². The Morgan fingerprint density at radius 1 is 0.938 bits per heavy atom. The zero-order valence-electron chi connectivity index (χ0n) is 18.6. The predicted octanol–water partition coefficient (Wildman–Crippen LogP) is 5.13. The van der Waals surface area contributed by atoms with Crippen LogP contribution in [0.3, 0.4) is 0 Å². The number of methoxy groups -OCH3 is 1. The van der Waals surface area contributed by atoms with Gasteiger partial charge in [-0.05, 0) is 56.7 Å². The van der Waals surface area contributed by atoms with Gasteiger partial charge in [0.15, 0.2) is 17.3 Å². The number of nitrogens with zero attached hydrogens (tertiary/aromatic N) is 3. The van der Waals surface area contributed by atoms with E-state index in [4.69, 9.17) is 14.5 Å². The molecular weight excluding hydrogens is 402 g/mol. The lowest BCUT2D eigenvalue weighted by molar-refractivity contribution is 0.125. The van der Waals surface area contributed by atoms with Crippen molar-refractivity contribution in [1.82, 2.24) is 9.66 Å². The van der Waals surface area contributed by atoms with E-state index in [9.17, 15) is 4.79 Å². The van der Waals surface area contributed by atoms with Crippen LogP contribution in [0, 0.1) is 0 Å². The minimum atomic E-state index is -0.350. The molecule has 32 heavy (non-hydrogen) atoms. The molecule has 4 rings (SSSR count). The lowest BCUT2D eigenvalue weighted by Crippen LogP contribution is -2.23. The summed E-state index contributed by atoms with van der Waals surface area (Å²) in [6.07, 6.45) is 1.62. The van der Waals surface area contributed by atoms with Crippen LogP contribution in [0.1, 0.15) is 26.3 Å². The van der Waals surface area contributed by atoms with Crippen molar-refractivity contribution in [1.29, 1.82) is 0 Å². The number of fused-ring (bicyclic) bond motifs is 1. The van der Waals surface area contributed by atoms with E-state index >= 15 is 0 Å². The van der Waals surface area contributed by atoms with Gasteiger partial charge in [-0.2, -0.15) is 9.78 Å². The molecule has 0 saturated carbocycles. The number of para-hydroxylation sites is 1. The molecule has 0 radical (unpaired) electrons. The summed E-state index contributed by atoms with van der Waals surface area (Å²) in [5.74, 6) is 1.72. The van der Waals surface area contributed by atoms with Crippen LogP contribution in [-0.4, -0.2) is 28.6 Å². The van der Waals surface area contributed by atoms with Crippen molar-refractivity contribution in [2.45, 2.75) is 26.4 Å². The van der Waals surface area contributed by atoms with Crippen molar-refractivity contribution >= 4 is 17.1 Å². The second kappa shape index (κ2) is 8.67. The molecular formula is C26H25N3O3. The lowest BCUT2D eigenvalue weighted by atomic mass is 10.1. The van der Waals surface area contributed by atoms with E-state index in [1.807, 2.05) is 87.5 Å². The number of hydrogen-bond donors (Lipinski definition) is 0. The van der Waals surface area contributed by atoms with E-state index in [1.165, 1.54) is 4.68 Å². The SMILES string of the molecule is COc1cc(C=Nn2c(-c3ccccc3)nc3ccccc3c2=O)ccc1OC(C)(C)C. The first kappa shape index (κ1) is 21.3. The van der Waals surface area contributed by atoms with E-state index in [2.05, 4.69) is 5.10 Å². The standard InChI is InChI=1S/C26H25N3O3/c1-26(2,3)32-22-15-14-18(16-23(22)31-4)17-27-29-24(19-10-6-5-7-11-19)28-21-13-9-8-12-20(21)25(29)30/h5-17H,1-4H3. The van der Waals surface area contributed by atoms with Crippen LogP contribution in [0.4, 0.5) is 0 Å². The molecule has 6 heteroatoms. The summed E-state index contributed by atoms with van der Waals surface area (Å²) in [5, 5.41) is 5.01. The van der Waals surface area contributed by atoms with Crippen molar-refractivity contribution < 1.29 is 9.47 Å². The quantitative estimate of drug-likeness (QED) is 0.414. The third-order valence-electron chi connectivity index (χ3n) is 4.71. The van der Waals surface area contributed by atoms with E-state index in [0.29, 0.717) is 28.2 Å². The molecule has 1 heterocycles. The molecule has 0 aliphatic carbocycles. The van der Waals surface area contributed by atoms with Crippen molar-refractivity contribution in [3.63, 3.8) is 0 Å². The molecule has 0 spiro atoms. The number of ether oxygens (including phenoxy) is 2. The molecule has 0 bridgehead atoms. The molecule has 0 aliphatic rings. The van der Waals surface area contributed by atoms with Crippen molar-refractivity contribution in [2.24, 2.45) is 5.10 Å². The average Bonchev–Trinajstić information content (AvgIpc) is 2.78. The van der Waals surface area contributed by atoms with E-state index < -0.39 is 0 Å². The molecule has 3 aromatic carbocycles. The minimum absolute atomic E-state index is 0.231. The second-order valence-corrected chi connectivity index (χ2v) is 8.30. The first-order chi connectivity index (χ1) is 15.4. The summed E-state index contributed by atoms with van der Waals surface area (Å²) in [5.41, 5.74) is 1.62. The molecule has 1 aromatic heterocycles. The molecule has 162 valence electrons. The smallest absolute Gasteiger partial charge is 0.282 e. The maximum Gasteiger partial charge on any atom is 0.282 e. The van der Waals surface area contributed by atoms with Crippen LogP contribution in [0.2, 0.25) is 0 Å². The highest BCUT2D eigenvalue weighted by Crippen LogP contribution is 2.30. The first-order valence-corrected chi connectivity index (χ1v) is 10.3. The fraction of sp³-hybridized carbons (Fsp3) is 0.192. The second-order valence-electron chi connectivity index (χ2n) is 8.30. The normalized spacial score (nSPS) is 11.8. The molecule has 0 aliphatic heterocycles. The summed E-state index contributed by atoms with van der Waals surface area (Å²) >= 11 is 0. The summed E-state index contributed by atoms with van der Waals surface area (Å²) in [6.45, 7) is 5.93. The van der Waals surface area contributed by atoms with E-state index in [1.54, 1.807) is 19.4 Å². The van der Waals surface area contributed by atoms with E-state index in [-0.39, 0.29) is 11.2 Å². The van der Waals surface area contributed by atoms with Crippen LogP contribution >= 0.6 is 0 Å². The van der Waals surface area contributed by atoms with Crippen LogP contribution in [-0.2, 0) is 0 Å². The molecule has 0 unspecified atom stereocenters. The Morgan fingerprint density at radius 3 is 2.38 bits per heavy atom. The Balaban J connectivity index is 1.80. The summed E-state index contributed by atoms with van der Waals surface area (Å²) < 4.78 is 12.8. The fourth-order valence-electron chi connectivity index (χ4n) is 3.31. The Labute approximate surface area is 186 Å². The highest BCUT2D eigenvalue weighted by atomic mass is 16.5.